The molecule has 1 atom stereocenters. The Balaban J connectivity index is 1.90. The standard InChI is InChI=1S/C14H20BrN/c1-3-14(7-8-14)10-16-11(2)12-5-4-6-13(15)9-12/h4-6,9,11,16H,3,7-8,10H2,1-2H3. The molecule has 1 nitrogen and oxygen atoms in total. The Kier molecular flexibility index (Phi) is 3.70. The Hall–Kier alpha value is -0.340. The second-order valence-electron chi connectivity index (χ2n) is 5.01. The van der Waals surface area contributed by atoms with Gasteiger partial charge in [0.05, 0.1) is 0 Å². The van der Waals surface area contributed by atoms with E-state index in [0.29, 0.717) is 11.5 Å². The summed E-state index contributed by atoms with van der Waals surface area (Å²) in [5.74, 6) is 0. The van der Waals surface area contributed by atoms with Crippen molar-refractivity contribution in [2.75, 3.05) is 6.54 Å². The maximum atomic E-state index is 3.66. The number of benzene rings is 1. The minimum atomic E-state index is 0.446. The van der Waals surface area contributed by atoms with Gasteiger partial charge in [0.2, 0.25) is 0 Å². The molecular formula is C14H20BrN. The normalized spacial score (nSPS) is 19.4. The second-order valence-corrected chi connectivity index (χ2v) is 5.93. The number of hydrogen-bond donors (Lipinski definition) is 1. The molecule has 0 spiro atoms. The number of rotatable bonds is 5. The van der Waals surface area contributed by atoms with Gasteiger partial charge in [-0.2, -0.15) is 0 Å². The number of nitrogens with one attached hydrogen (secondary N) is 1. The SMILES string of the molecule is CCC1(CNC(C)c2cccc(Br)c2)CC1. The third-order valence-electron chi connectivity index (χ3n) is 3.84. The molecule has 0 aliphatic heterocycles. The van der Waals surface area contributed by atoms with Gasteiger partial charge in [-0.05, 0) is 49.3 Å². The number of halogens is 1. The van der Waals surface area contributed by atoms with Gasteiger partial charge in [-0.3, -0.25) is 0 Å². The monoisotopic (exact) mass is 281 g/mol. The molecule has 0 amide bonds. The zero-order valence-corrected chi connectivity index (χ0v) is 11.7. The van der Waals surface area contributed by atoms with Crippen molar-refractivity contribution in [1.29, 1.82) is 0 Å². The van der Waals surface area contributed by atoms with E-state index in [-0.39, 0.29) is 0 Å². The Morgan fingerprint density at radius 1 is 1.44 bits per heavy atom. The van der Waals surface area contributed by atoms with E-state index in [2.05, 4.69) is 59.4 Å². The van der Waals surface area contributed by atoms with Crippen LogP contribution in [0, 0.1) is 5.41 Å². The summed E-state index contributed by atoms with van der Waals surface area (Å²) >= 11 is 3.52. The highest BCUT2D eigenvalue weighted by Gasteiger charge is 2.40. The van der Waals surface area contributed by atoms with Gasteiger partial charge in [0.15, 0.2) is 0 Å². The zero-order chi connectivity index (χ0) is 11.6. The fourth-order valence-corrected chi connectivity index (χ4v) is 2.51. The third kappa shape index (κ3) is 2.86. The minimum Gasteiger partial charge on any atom is -0.310 e. The van der Waals surface area contributed by atoms with Crippen molar-refractivity contribution in [3.05, 3.63) is 34.3 Å². The van der Waals surface area contributed by atoms with E-state index in [9.17, 15) is 0 Å². The lowest BCUT2D eigenvalue weighted by molar-refractivity contribution is 0.415. The van der Waals surface area contributed by atoms with Crippen LogP contribution in [0.2, 0.25) is 0 Å². The molecule has 88 valence electrons. The highest BCUT2D eigenvalue weighted by atomic mass is 79.9. The fraction of sp³-hybridized carbons (Fsp3) is 0.571. The molecule has 1 unspecified atom stereocenters. The van der Waals surface area contributed by atoms with Crippen molar-refractivity contribution in [2.45, 2.75) is 39.2 Å². The molecule has 0 heterocycles. The second kappa shape index (κ2) is 4.89. The summed E-state index contributed by atoms with van der Waals surface area (Å²) < 4.78 is 1.16. The average Bonchev–Trinajstić information content (AvgIpc) is 3.07. The van der Waals surface area contributed by atoms with Crippen molar-refractivity contribution in [3.8, 4) is 0 Å². The van der Waals surface area contributed by atoms with E-state index in [0.717, 1.165) is 11.0 Å². The van der Waals surface area contributed by atoms with Gasteiger partial charge in [0.1, 0.15) is 0 Å². The fourth-order valence-electron chi connectivity index (χ4n) is 2.10. The molecule has 16 heavy (non-hydrogen) atoms. The molecular weight excluding hydrogens is 262 g/mol. The predicted molar refractivity (Wildman–Crippen MR) is 72.5 cm³/mol. The summed E-state index contributed by atoms with van der Waals surface area (Å²) in [5, 5.41) is 3.66. The van der Waals surface area contributed by atoms with Crippen LogP contribution in [0.3, 0.4) is 0 Å². The van der Waals surface area contributed by atoms with Gasteiger partial charge >= 0.3 is 0 Å². The molecule has 1 aliphatic rings. The molecule has 2 heteroatoms. The Morgan fingerprint density at radius 3 is 2.75 bits per heavy atom. The van der Waals surface area contributed by atoms with Gasteiger partial charge in [0, 0.05) is 17.1 Å². The smallest absolute Gasteiger partial charge is 0.0292 e. The van der Waals surface area contributed by atoms with Crippen molar-refractivity contribution in [1.82, 2.24) is 5.32 Å². The summed E-state index contributed by atoms with van der Waals surface area (Å²) in [6, 6.07) is 9.01. The van der Waals surface area contributed by atoms with Crippen molar-refractivity contribution < 1.29 is 0 Å². The summed E-state index contributed by atoms with van der Waals surface area (Å²) in [5.41, 5.74) is 1.99. The van der Waals surface area contributed by atoms with Crippen LogP contribution < -0.4 is 5.32 Å². The average molecular weight is 282 g/mol. The van der Waals surface area contributed by atoms with Crippen LogP contribution in [0.5, 0.6) is 0 Å². The highest BCUT2D eigenvalue weighted by Crippen LogP contribution is 2.48. The van der Waals surface area contributed by atoms with E-state index < -0.39 is 0 Å². The largest absolute Gasteiger partial charge is 0.310 e. The van der Waals surface area contributed by atoms with E-state index in [1.807, 2.05) is 0 Å². The minimum absolute atomic E-state index is 0.446. The van der Waals surface area contributed by atoms with Crippen LogP contribution in [-0.2, 0) is 0 Å². The molecule has 1 fully saturated rings. The molecule has 1 aromatic carbocycles. The molecule has 2 rings (SSSR count). The van der Waals surface area contributed by atoms with Crippen LogP contribution in [0.4, 0.5) is 0 Å². The topological polar surface area (TPSA) is 12.0 Å². The molecule has 1 aromatic rings. The van der Waals surface area contributed by atoms with E-state index >= 15 is 0 Å². The maximum Gasteiger partial charge on any atom is 0.0292 e. The number of hydrogen-bond acceptors (Lipinski definition) is 1. The van der Waals surface area contributed by atoms with Crippen molar-refractivity contribution >= 4 is 15.9 Å². The third-order valence-corrected chi connectivity index (χ3v) is 4.33. The van der Waals surface area contributed by atoms with Crippen LogP contribution in [-0.4, -0.2) is 6.54 Å². The van der Waals surface area contributed by atoms with Crippen LogP contribution >= 0.6 is 15.9 Å². The molecule has 0 bridgehead atoms. The van der Waals surface area contributed by atoms with E-state index in [4.69, 9.17) is 0 Å². The van der Waals surface area contributed by atoms with Gasteiger partial charge in [-0.1, -0.05) is 35.0 Å². The first-order valence-corrected chi connectivity index (χ1v) is 6.93. The van der Waals surface area contributed by atoms with Crippen molar-refractivity contribution in [2.24, 2.45) is 5.41 Å². The molecule has 0 radical (unpaired) electrons. The van der Waals surface area contributed by atoms with Crippen molar-refractivity contribution in [3.63, 3.8) is 0 Å². The molecule has 0 saturated heterocycles. The molecule has 1 saturated carbocycles. The lowest BCUT2D eigenvalue weighted by Crippen LogP contribution is -2.26. The van der Waals surface area contributed by atoms with Crippen LogP contribution in [0.1, 0.15) is 44.7 Å². The predicted octanol–water partition coefficient (Wildman–Crippen LogP) is 4.29. The van der Waals surface area contributed by atoms with Gasteiger partial charge in [0.25, 0.3) is 0 Å². The maximum absolute atomic E-state index is 3.66. The molecule has 1 N–H and O–H groups in total. The quantitative estimate of drug-likeness (QED) is 0.849. The zero-order valence-electron chi connectivity index (χ0n) is 10.1. The molecule has 0 aromatic heterocycles. The summed E-state index contributed by atoms with van der Waals surface area (Å²) in [7, 11) is 0. The van der Waals surface area contributed by atoms with Crippen LogP contribution in [0.25, 0.3) is 0 Å². The van der Waals surface area contributed by atoms with E-state index in [1.54, 1.807) is 0 Å². The Morgan fingerprint density at radius 2 is 2.19 bits per heavy atom. The van der Waals surface area contributed by atoms with Crippen LogP contribution in [0.15, 0.2) is 28.7 Å². The van der Waals surface area contributed by atoms with Gasteiger partial charge < -0.3 is 5.32 Å². The lowest BCUT2D eigenvalue weighted by atomic mass is 10.0. The molecule has 1 aliphatic carbocycles. The first-order valence-electron chi connectivity index (χ1n) is 6.14. The summed E-state index contributed by atoms with van der Waals surface area (Å²) in [4.78, 5) is 0. The van der Waals surface area contributed by atoms with Gasteiger partial charge in [-0.15, -0.1) is 0 Å². The van der Waals surface area contributed by atoms with Gasteiger partial charge in [-0.25, -0.2) is 0 Å². The highest BCUT2D eigenvalue weighted by molar-refractivity contribution is 9.10. The Bertz CT molecular complexity index is 358. The lowest BCUT2D eigenvalue weighted by Gasteiger charge is -2.19. The Labute approximate surface area is 107 Å². The summed E-state index contributed by atoms with van der Waals surface area (Å²) in [6.07, 6.45) is 4.12. The van der Waals surface area contributed by atoms with E-state index in [1.165, 1.54) is 24.8 Å². The summed E-state index contributed by atoms with van der Waals surface area (Å²) in [6.45, 7) is 5.71. The first-order chi connectivity index (χ1) is 7.65. The first kappa shape index (κ1) is 12.1.